The van der Waals surface area contributed by atoms with Gasteiger partial charge < -0.3 is 14.5 Å². The maximum absolute atomic E-state index is 11.8. The van der Waals surface area contributed by atoms with E-state index in [4.69, 9.17) is 19.2 Å². The Morgan fingerprint density at radius 2 is 2.00 bits per heavy atom. The van der Waals surface area contributed by atoms with Crippen molar-refractivity contribution in [3.05, 3.63) is 81.4 Å². The number of benzene rings is 2. The van der Waals surface area contributed by atoms with Gasteiger partial charge in [-0.15, -0.1) is 11.3 Å². The minimum Gasteiger partial charge on any atom is -0.482 e. The molecular formula is C25H22N4O3S. The molecule has 0 radical (unpaired) electrons. The predicted octanol–water partition coefficient (Wildman–Crippen LogP) is 5.18. The van der Waals surface area contributed by atoms with Gasteiger partial charge in [-0.1, -0.05) is 12.1 Å². The lowest BCUT2D eigenvalue weighted by atomic mass is 10.1. The molecule has 0 aliphatic carbocycles. The summed E-state index contributed by atoms with van der Waals surface area (Å²) in [6.07, 6.45) is 1.68. The van der Waals surface area contributed by atoms with Crippen LogP contribution in [0.4, 0.5) is 11.4 Å². The second-order valence-electron chi connectivity index (χ2n) is 7.79. The highest BCUT2D eigenvalue weighted by molar-refractivity contribution is 7.07. The molecule has 4 aromatic rings. The van der Waals surface area contributed by atoms with Crippen LogP contribution in [-0.2, 0) is 4.79 Å². The molecule has 0 saturated carbocycles. The van der Waals surface area contributed by atoms with Crippen LogP contribution >= 0.6 is 11.3 Å². The predicted molar refractivity (Wildman–Crippen MR) is 129 cm³/mol. The van der Waals surface area contributed by atoms with Crippen LogP contribution in [0.15, 0.2) is 68.4 Å². The highest BCUT2D eigenvalue weighted by atomic mass is 32.1. The van der Waals surface area contributed by atoms with Crippen LogP contribution in [0.5, 0.6) is 5.75 Å². The molecule has 1 aliphatic rings. The summed E-state index contributed by atoms with van der Waals surface area (Å²) >= 11 is 1.49. The smallest absolute Gasteiger partial charge is 0.262 e. The van der Waals surface area contributed by atoms with Crippen molar-refractivity contribution in [3.63, 3.8) is 0 Å². The summed E-state index contributed by atoms with van der Waals surface area (Å²) in [7, 11) is 0. The fourth-order valence-electron chi connectivity index (χ4n) is 3.53. The van der Waals surface area contributed by atoms with Gasteiger partial charge in [0.05, 0.1) is 23.3 Å². The normalized spacial score (nSPS) is 13.8. The molecular weight excluding hydrogens is 436 g/mol. The summed E-state index contributed by atoms with van der Waals surface area (Å²) < 4.78 is 12.9. The topological polar surface area (TPSA) is 81.1 Å². The lowest BCUT2D eigenvalue weighted by Crippen LogP contribution is -2.25. The fraction of sp³-hybridized carbons (Fsp3) is 0.160. The third-order valence-electron chi connectivity index (χ3n) is 5.45. The van der Waals surface area contributed by atoms with Crippen LogP contribution in [-0.4, -0.2) is 23.4 Å². The van der Waals surface area contributed by atoms with Crippen LogP contribution in [0.3, 0.4) is 0 Å². The Hall–Kier alpha value is -3.91. The summed E-state index contributed by atoms with van der Waals surface area (Å²) in [6, 6.07) is 15.5. The Bertz CT molecular complexity index is 1460. The molecule has 2 aromatic carbocycles. The number of ether oxygens (including phenoxy) is 1. The maximum atomic E-state index is 11.8. The van der Waals surface area contributed by atoms with Crippen molar-refractivity contribution in [3.8, 4) is 17.0 Å². The van der Waals surface area contributed by atoms with Gasteiger partial charge in [-0.2, -0.15) is 5.10 Å². The van der Waals surface area contributed by atoms with E-state index in [0.717, 1.165) is 33.1 Å². The monoisotopic (exact) mass is 458 g/mol. The Balaban J connectivity index is 1.65. The van der Waals surface area contributed by atoms with Gasteiger partial charge in [-0.05, 0) is 68.3 Å². The number of carbonyl (C=O) groups is 1. The van der Waals surface area contributed by atoms with Gasteiger partial charge in [0, 0.05) is 10.9 Å². The number of carbonyl (C=O) groups excluding carboxylic acids is 1. The molecule has 0 bridgehead atoms. The van der Waals surface area contributed by atoms with Crippen LogP contribution in [0, 0.1) is 20.8 Å². The highest BCUT2D eigenvalue weighted by Gasteiger charge is 2.18. The molecule has 1 N–H and O–H groups in total. The minimum absolute atomic E-state index is 0.0243. The third-order valence-corrected chi connectivity index (χ3v) is 6.26. The first-order valence-electron chi connectivity index (χ1n) is 10.5. The van der Waals surface area contributed by atoms with E-state index in [1.165, 1.54) is 16.9 Å². The van der Waals surface area contributed by atoms with Crippen molar-refractivity contribution >= 4 is 34.8 Å². The largest absolute Gasteiger partial charge is 0.482 e. The number of anilines is 1. The van der Waals surface area contributed by atoms with Crippen molar-refractivity contribution in [1.82, 2.24) is 4.68 Å². The zero-order valence-electron chi connectivity index (χ0n) is 18.5. The number of aromatic nitrogens is 1. The Labute approximate surface area is 194 Å². The number of nitrogens with one attached hydrogen (secondary N) is 1. The summed E-state index contributed by atoms with van der Waals surface area (Å²) in [4.78, 5) is 17.4. The van der Waals surface area contributed by atoms with E-state index in [1.54, 1.807) is 10.9 Å². The van der Waals surface area contributed by atoms with Crippen molar-refractivity contribution in [2.24, 2.45) is 10.1 Å². The quantitative estimate of drug-likeness (QED) is 0.428. The van der Waals surface area contributed by atoms with Crippen LogP contribution in [0.1, 0.15) is 22.6 Å². The van der Waals surface area contributed by atoms with E-state index in [0.29, 0.717) is 17.2 Å². The number of fused-ring (bicyclic) bond motifs is 1. The Kier molecular flexibility index (Phi) is 5.43. The third kappa shape index (κ3) is 4.25. The van der Waals surface area contributed by atoms with Gasteiger partial charge in [0.25, 0.3) is 5.91 Å². The molecule has 0 fully saturated rings. The van der Waals surface area contributed by atoms with Crippen LogP contribution in [0.2, 0.25) is 0 Å². The summed E-state index contributed by atoms with van der Waals surface area (Å²) in [6.45, 7) is 6.05. The van der Waals surface area contributed by atoms with Gasteiger partial charge in [0.2, 0.25) is 4.80 Å². The van der Waals surface area contributed by atoms with E-state index in [2.05, 4.69) is 25.2 Å². The minimum atomic E-state index is -0.172. The molecule has 3 heterocycles. The first-order chi connectivity index (χ1) is 16.0. The summed E-state index contributed by atoms with van der Waals surface area (Å²) in [5.74, 6) is 1.95. The van der Waals surface area contributed by atoms with Crippen molar-refractivity contribution < 1.29 is 13.9 Å². The van der Waals surface area contributed by atoms with Gasteiger partial charge in [0.1, 0.15) is 17.3 Å². The van der Waals surface area contributed by atoms with Crippen molar-refractivity contribution in [2.75, 3.05) is 11.9 Å². The molecule has 0 unspecified atom stereocenters. The first-order valence-corrected chi connectivity index (χ1v) is 11.4. The zero-order chi connectivity index (χ0) is 22.9. The Morgan fingerprint density at radius 1 is 1.12 bits per heavy atom. The Morgan fingerprint density at radius 3 is 2.82 bits per heavy atom. The molecule has 0 spiro atoms. The number of rotatable bonds is 4. The van der Waals surface area contributed by atoms with E-state index in [9.17, 15) is 4.79 Å². The van der Waals surface area contributed by atoms with Gasteiger partial charge in [-0.3, -0.25) is 4.79 Å². The molecule has 33 heavy (non-hydrogen) atoms. The van der Waals surface area contributed by atoms with E-state index in [-0.39, 0.29) is 12.5 Å². The van der Waals surface area contributed by atoms with E-state index in [1.807, 2.05) is 54.8 Å². The molecule has 8 heteroatoms. The van der Waals surface area contributed by atoms with Gasteiger partial charge in [-0.25, -0.2) is 9.67 Å². The van der Waals surface area contributed by atoms with Crippen molar-refractivity contribution in [2.45, 2.75) is 20.8 Å². The summed E-state index contributed by atoms with van der Waals surface area (Å²) in [5.41, 5.74) is 5.56. The molecule has 166 valence electrons. The average Bonchev–Trinajstić information content (AvgIpc) is 3.40. The molecule has 1 aliphatic heterocycles. The fourth-order valence-corrected chi connectivity index (χ4v) is 4.38. The number of aryl methyl sites for hydroxylation is 2. The average molecular weight is 459 g/mol. The molecule has 1 amide bonds. The molecule has 0 atom stereocenters. The van der Waals surface area contributed by atoms with Gasteiger partial charge in [0.15, 0.2) is 6.61 Å². The highest BCUT2D eigenvalue weighted by Crippen LogP contribution is 2.33. The SMILES string of the molecule is Cc1ccc(C=Nn2c(-c3ccc4c(c3)NC(=O)CO4)csc2=Nc2cccc(C)c2C)o1. The van der Waals surface area contributed by atoms with E-state index >= 15 is 0 Å². The lowest BCUT2D eigenvalue weighted by Gasteiger charge is -2.18. The van der Waals surface area contributed by atoms with E-state index < -0.39 is 0 Å². The van der Waals surface area contributed by atoms with Crippen LogP contribution in [0.25, 0.3) is 11.3 Å². The standard InChI is InChI=1S/C25H22N4O3S/c1-15-5-4-6-20(17(15)3)28-25-29(26-12-19-9-7-16(2)32-19)22(14-33-25)18-8-10-23-21(11-18)27-24(30)13-31-23/h4-12,14H,13H2,1-3H3,(H,27,30). The van der Waals surface area contributed by atoms with Crippen molar-refractivity contribution in [1.29, 1.82) is 0 Å². The lowest BCUT2D eigenvalue weighted by molar-refractivity contribution is -0.118. The van der Waals surface area contributed by atoms with Gasteiger partial charge >= 0.3 is 0 Å². The second kappa shape index (κ2) is 8.55. The molecule has 7 nitrogen and oxygen atoms in total. The number of hydrogen-bond acceptors (Lipinski definition) is 6. The number of thiazole rings is 1. The molecule has 2 aromatic heterocycles. The molecule has 0 saturated heterocycles. The first kappa shape index (κ1) is 21.0. The summed E-state index contributed by atoms with van der Waals surface area (Å²) in [5, 5.41) is 9.56. The number of furan rings is 1. The molecule has 5 rings (SSSR count). The number of hydrogen-bond donors (Lipinski definition) is 1. The number of nitrogens with zero attached hydrogens (tertiary/aromatic N) is 3. The second-order valence-corrected chi connectivity index (χ2v) is 8.62. The zero-order valence-corrected chi connectivity index (χ0v) is 19.3. The number of amides is 1. The van der Waals surface area contributed by atoms with Crippen LogP contribution < -0.4 is 14.9 Å². The maximum Gasteiger partial charge on any atom is 0.262 e.